The van der Waals surface area contributed by atoms with Gasteiger partial charge in [-0.1, -0.05) is 0 Å². The first kappa shape index (κ1) is 11.2. The van der Waals surface area contributed by atoms with Crippen LogP contribution < -0.4 is 10.2 Å². The summed E-state index contributed by atoms with van der Waals surface area (Å²) >= 11 is 0. The second kappa shape index (κ2) is 4.29. The molecule has 2 aromatic rings. The highest BCUT2D eigenvalue weighted by Crippen LogP contribution is 2.17. The maximum Gasteiger partial charge on any atom is 0.341 e. The van der Waals surface area contributed by atoms with Gasteiger partial charge in [0.25, 0.3) is 0 Å². The minimum Gasteiger partial charge on any atom is -0.494 e. The highest BCUT2D eigenvalue weighted by molar-refractivity contribution is 5.92. The number of rotatable bonds is 3. The van der Waals surface area contributed by atoms with Gasteiger partial charge in [-0.3, -0.25) is 4.79 Å². The van der Waals surface area contributed by atoms with E-state index >= 15 is 0 Å². The fourth-order valence-corrected chi connectivity index (χ4v) is 1.62. The van der Waals surface area contributed by atoms with E-state index in [0.717, 1.165) is 0 Å². The topological polar surface area (TPSA) is 79.4 Å². The zero-order valence-electron chi connectivity index (χ0n) is 9.19. The molecule has 0 aliphatic rings. The molecule has 5 heteroatoms. The molecule has 1 aromatic carbocycles. The van der Waals surface area contributed by atoms with Crippen molar-refractivity contribution in [2.75, 3.05) is 6.61 Å². The average molecular weight is 233 g/mol. The number of aromatic nitrogens is 1. The van der Waals surface area contributed by atoms with Gasteiger partial charge in [0.05, 0.1) is 12.1 Å². The van der Waals surface area contributed by atoms with Gasteiger partial charge >= 0.3 is 5.97 Å². The van der Waals surface area contributed by atoms with E-state index in [4.69, 9.17) is 9.84 Å². The van der Waals surface area contributed by atoms with Gasteiger partial charge in [-0.15, -0.1) is 0 Å². The number of benzene rings is 1. The van der Waals surface area contributed by atoms with Crippen LogP contribution in [0.3, 0.4) is 0 Å². The number of fused-ring (bicyclic) bond motifs is 1. The second-order valence-corrected chi connectivity index (χ2v) is 3.48. The molecule has 1 aromatic heterocycles. The minimum absolute atomic E-state index is 0.262. The van der Waals surface area contributed by atoms with E-state index in [1.807, 2.05) is 6.92 Å². The third-order valence-corrected chi connectivity index (χ3v) is 2.39. The van der Waals surface area contributed by atoms with E-state index in [1.165, 1.54) is 6.20 Å². The summed E-state index contributed by atoms with van der Waals surface area (Å²) in [5.41, 5.74) is -0.193. The maximum atomic E-state index is 11.8. The number of carbonyl (C=O) groups is 1. The highest BCUT2D eigenvalue weighted by atomic mass is 16.5. The number of aromatic amines is 1. The fourth-order valence-electron chi connectivity index (χ4n) is 1.62. The van der Waals surface area contributed by atoms with Crippen LogP contribution in [0.1, 0.15) is 17.3 Å². The molecule has 0 aliphatic carbocycles. The van der Waals surface area contributed by atoms with Gasteiger partial charge in [0.15, 0.2) is 0 Å². The third kappa shape index (κ3) is 1.99. The van der Waals surface area contributed by atoms with Crippen LogP contribution in [-0.4, -0.2) is 22.7 Å². The predicted octanol–water partition coefficient (Wildman–Crippen LogP) is 1.62. The van der Waals surface area contributed by atoms with Crippen molar-refractivity contribution in [1.29, 1.82) is 0 Å². The zero-order chi connectivity index (χ0) is 12.4. The first-order chi connectivity index (χ1) is 8.13. The summed E-state index contributed by atoms with van der Waals surface area (Å²) in [6, 6.07) is 4.88. The molecule has 0 amide bonds. The number of pyridine rings is 1. The summed E-state index contributed by atoms with van der Waals surface area (Å²) in [6.07, 6.45) is 1.20. The smallest absolute Gasteiger partial charge is 0.341 e. The Morgan fingerprint density at radius 3 is 2.88 bits per heavy atom. The Kier molecular flexibility index (Phi) is 2.82. The van der Waals surface area contributed by atoms with Crippen molar-refractivity contribution in [3.8, 4) is 5.75 Å². The molecule has 2 N–H and O–H groups in total. The molecule has 0 saturated heterocycles. The molecular weight excluding hydrogens is 222 g/mol. The molecule has 0 spiro atoms. The van der Waals surface area contributed by atoms with Crippen molar-refractivity contribution in [3.05, 3.63) is 40.2 Å². The maximum absolute atomic E-state index is 11.8. The van der Waals surface area contributed by atoms with Crippen molar-refractivity contribution in [1.82, 2.24) is 4.98 Å². The highest BCUT2D eigenvalue weighted by Gasteiger charge is 2.11. The summed E-state index contributed by atoms with van der Waals surface area (Å²) in [4.78, 5) is 25.4. The number of carboxylic acids is 1. The monoisotopic (exact) mass is 233 g/mol. The molecule has 0 radical (unpaired) electrons. The number of H-pyrrole nitrogens is 1. The largest absolute Gasteiger partial charge is 0.494 e. The zero-order valence-corrected chi connectivity index (χ0v) is 9.19. The summed E-state index contributed by atoms with van der Waals surface area (Å²) < 4.78 is 5.29. The second-order valence-electron chi connectivity index (χ2n) is 3.48. The summed E-state index contributed by atoms with van der Waals surface area (Å²) in [6.45, 7) is 2.39. The number of hydrogen-bond acceptors (Lipinski definition) is 3. The van der Waals surface area contributed by atoms with Gasteiger partial charge in [-0.25, -0.2) is 4.79 Å². The van der Waals surface area contributed by atoms with Crippen molar-refractivity contribution in [2.24, 2.45) is 0 Å². The number of carboxylic acid groups (broad SMARTS) is 1. The quantitative estimate of drug-likeness (QED) is 0.844. The minimum atomic E-state index is -1.23. The average Bonchev–Trinajstić information content (AvgIpc) is 2.29. The number of hydrogen-bond donors (Lipinski definition) is 2. The van der Waals surface area contributed by atoms with Crippen LogP contribution in [-0.2, 0) is 0 Å². The molecule has 1 heterocycles. The van der Waals surface area contributed by atoms with Gasteiger partial charge < -0.3 is 14.8 Å². The lowest BCUT2D eigenvalue weighted by Crippen LogP contribution is -2.15. The first-order valence-corrected chi connectivity index (χ1v) is 5.15. The summed E-state index contributed by atoms with van der Waals surface area (Å²) in [7, 11) is 0. The molecule has 0 atom stereocenters. The number of nitrogens with one attached hydrogen (secondary N) is 1. The van der Waals surface area contributed by atoms with Crippen molar-refractivity contribution in [2.45, 2.75) is 6.92 Å². The van der Waals surface area contributed by atoms with E-state index in [1.54, 1.807) is 18.2 Å². The van der Waals surface area contributed by atoms with Crippen LogP contribution in [0.15, 0.2) is 29.2 Å². The number of aromatic carboxylic acids is 1. The standard InChI is InChI=1S/C12H11NO4/c1-2-17-7-3-4-8-10(5-7)13-6-9(11(8)14)12(15)16/h3-6H,2H2,1H3,(H,13,14)(H,15,16). The van der Waals surface area contributed by atoms with Crippen LogP contribution in [0, 0.1) is 0 Å². The molecule has 5 nitrogen and oxygen atoms in total. The lowest BCUT2D eigenvalue weighted by molar-refractivity contribution is 0.0695. The Balaban J connectivity index is 2.64. The Hall–Kier alpha value is -2.30. The first-order valence-electron chi connectivity index (χ1n) is 5.15. The van der Waals surface area contributed by atoms with Gasteiger partial charge in [0.2, 0.25) is 5.43 Å². The molecule has 0 saturated carbocycles. The third-order valence-electron chi connectivity index (χ3n) is 2.39. The lowest BCUT2D eigenvalue weighted by Gasteiger charge is -2.04. The molecule has 0 aliphatic heterocycles. The van der Waals surface area contributed by atoms with Crippen LogP contribution in [0.5, 0.6) is 5.75 Å². The van der Waals surface area contributed by atoms with E-state index < -0.39 is 11.4 Å². The van der Waals surface area contributed by atoms with Crippen molar-refractivity contribution >= 4 is 16.9 Å². The molecule has 2 rings (SSSR count). The molecule has 0 fully saturated rings. The normalized spacial score (nSPS) is 10.4. The van der Waals surface area contributed by atoms with Crippen LogP contribution >= 0.6 is 0 Å². The summed E-state index contributed by atoms with van der Waals surface area (Å²) in [5, 5.41) is 9.16. The van der Waals surface area contributed by atoms with Crippen molar-refractivity contribution in [3.63, 3.8) is 0 Å². The SMILES string of the molecule is CCOc1ccc2c(=O)c(C(=O)O)c[nH]c2c1. The predicted molar refractivity (Wildman–Crippen MR) is 62.7 cm³/mol. The molecule has 17 heavy (non-hydrogen) atoms. The van der Waals surface area contributed by atoms with Crippen LogP contribution in [0.2, 0.25) is 0 Å². The summed E-state index contributed by atoms with van der Waals surface area (Å²) in [5.74, 6) is -0.597. The van der Waals surface area contributed by atoms with Gasteiger partial charge in [0.1, 0.15) is 11.3 Å². The van der Waals surface area contributed by atoms with E-state index in [9.17, 15) is 9.59 Å². The van der Waals surface area contributed by atoms with E-state index in [0.29, 0.717) is 23.3 Å². The van der Waals surface area contributed by atoms with Gasteiger partial charge in [-0.05, 0) is 19.1 Å². The van der Waals surface area contributed by atoms with E-state index in [2.05, 4.69) is 4.98 Å². The number of ether oxygens (including phenoxy) is 1. The molecule has 0 bridgehead atoms. The van der Waals surface area contributed by atoms with Crippen molar-refractivity contribution < 1.29 is 14.6 Å². The van der Waals surface area contributed by atoms with Gasteiger partial charge in [-0.2, -0.15) is 0 Å². The van der Waals surface area contributed by atoms with Crippen LogP contribution in [0.4, 0.5) is 0 Å². The Labute approximate surface area is 96.7 Å². The van der Waals surface area contributed by atoms with E-state index in [-0.39, 0.29) is 5.56 Å². The van der Waals surface area contributed by atoms with Crippen LogP contribution in [0.25, 0.3) is 10.9 Å². The molecule has 0 unspecified atom stereocenters. The fraction of sp³-hybridized carbons (Fsp3) is 0.167. The molecule has 88 valence electrons. The Morgan fingerprint density at radius 1 is 1.47 bits per heavy atom. The Morgan fingerprint density at radius 2 is 2.24 bits per heavy atom. The lowest BCUT2D eigenvalue weighted by atomic mass is 10.1. The molecular formula is C12H11NO4. The van der Waals surface area contributed by atoms with Gasteiger partial charge in [0, 0.05) is 17.6 Å². The Bertz CT molecular complexity index is 630.